The first-order chi connectivity index (χ1) is 11.7. The summed E-state index contributed by atoms with van der Waals surface area (Å²) in [5.74, 6) is 3.47. The molecule has 0 aromatic carbocycles. The molecule has 1 aromatic rings. The van der Waals surface area contributed by atoms with Crippen molar-refractivity contribution in [3.05, 3.63) is 5.01 Å². The van der Waals surface area contributed by atoms with Gasteiger partial charge in [-0.15, -0.1) is 10.2 Å². The standard InChI is InChI=1S/C19H27N3OS/c23-16(8-12-3-1-2-4-12)20-18-22-21-17(24-18)19-9-13-5-14(10-19)7-15(6-13)11-19/h12-15H,1-11H2,(H,20,22,23). The van der Waals surface area contributed by atoms with Gasteiger partial charge in [0, 0.05) is 11.8 Å². The highest BCUT2D eigenvalue weighted by Crippen LogP contribution is 2.61. The molecule has 4 nitrogen and oxygen atoms in total. The summed E-state index contributed by atoms with van der Waals surface area (Å²) in [6.45, 7) is 0. The van der Waals surface area contributed by atoms with Crippen molar-refractivity contribution in [2.24, 2.45) is 23.7 Å². The highest BCUT2D eigenvalue weighted by molar-refractivity contribution is 7.15. The number of nitrogens with zero attached hydrogens (tertiary/aromatic N) is 2. The van der Waals surface area contributed by atoms with Gasteiger partial charge in [0.1, 0.15) is 5.01 Å². The van der Waals surface area contributed by atoms with Gasteiger partial charge in [0.2, 0.25) is 11.0 Å². The van der Waals surface area contributed by atoms with Gasteiger partial charge in [-0.25, -0.2) is 0 Å². The molecule has 5 saturated carbocycles. The van der Waals surface area contributed by atoms with Gasteiger partial charge in [-0.05, 0) is 75.0 Å². The van der Waals surface area contributed by atoms with Crippen LogP contribution in [0.2, 0.25) is 0 Å². The van der Waals surface area contributed by atoms with Crippen LogP contribution >= 0.6 is 11.3 Å². The van der Waals surface area contributed by atoms with E-state index in [0.29, 0.717) is 17.8 Å². The van der Waals surface area contributed by atoms with Crippen LogP contribution in [0.25, 0.3) is 0 Å². The minimum absolute atomic E-state index is 0.134. The van der Waals surface area contributed by atoms with Crippen LogP contribution in [0.4, 0.5) is 5.13 Å². The fourth-order valence-corrected chi connectivity index (χ4v) is 7.49. The van der Waals surface area contributed by atoms with Gasteiger partial charge >= 0.3 is 0 Å². The summed E-state index contributed by atoms with van der Waals surface area (Å²) >= 11 is 1.65. The Morgan fingerprint density at radius 1 is 1.04 bits per heavy atom. The minimum Gasteiger partial charge on any atom is -0.301 e. The van der Waals surface area contributed by atoms with E-state index in [1.165, 1.54) is 69.2 Å². The average Bonchev–Trinajstić information content (AvgIpc) is 3.18. The van der Waals surface area contributed by atoms with Gasteiger partial charge in [0.15, 0.2) is 0 Å². The molecule has 4 bridgehead atoms. The van der Waals surface area contributed by atoms with Gasteiger partial charge in [0.05, 0.1) is 0 Å². The molecule has 24 heavy (non-hydrogen) atoms. The number of anilines is 1. The van der Waals surface area contributed by atoms with Crippen molar-refractivity contribution in [2.75, 3.05) is 5.32 Å². The highest BCUT2D eigenvalue weighted by Gasteiger charge is 2.53. The zero-order chi connectivity index (χ0) is 16.1. The van der Waals surface area contributed by atoms with E-state index >= 15 is 0 Å². The fourth-order valence-electron chi connectivity index (χ4n) is 6.51. The van der Waals surface area contributed by atoms with Crippen LogP contribution in [0.1, 0.15) is 75.6 Å². The van der Waals surface area contributed by atoms with Crippen molar-refractivity contribution in [3.63, 3.8) is 0 Å². The Labute approximate surface area is 147 Å². The first kappa shape index (κ1) is 15.3. The van der Waals surface area contributed by atoms with Crippen LogP contribution in [0, 0.1) is 23.7 Å². The number of carbonyl (C=O) groups excluding carboxylic acids is 1. The predicted octanol–water partition coefficient (Wildman–Crippen LogP) is 4.52. The van der Waals surface area contributed by atoms with E-state index in [0.717, 1.165) is 22.9 Å². The number of carbonyl (C=O) groups is 1. The molecular weight excluding hydrogens is 318 g/mol. The Balaban J connectivity index is 1.28. The molecular formula is C19H27N3OS. The second-order valence-electron chi connectivity index (χ2n) is 9.01. The third-order valence-corrected chi connectivity index (χ3v) is 8.20. The van der Waals surface area contributed by atoms with Crippen LogP contribution in [-0.4, -0.2) is 16.1 Å². The van der Waals surface area contributed by atoms with Crippen LogP contribution in [-0.2, 0) is 10.2 Å². The van der Waals surface area contributed by atoms with Crippen LogP contribution < -0.4 is 5.32 Å². The molecule has 1 heterocycles. The first-order valence-electron chi connectivity index (χ1n) is 9.82. The fraction of sp³-hybridized carbons (Fsp3) is 0.842. The van der Waals surface area contributed by atoms with Gasteiger partial charge < -0.3 is 5.32 Å². The van der Waals surface area contributed by atoms with Crippen molar-refractivity contribution >= 4 is 22.4 Å². The Morgan fingerprint density at radius 3 is 2.29 bits per heavy atom. The van der Waals surface area contributed by atoms with E-state index < -0.39 is 0 Å². The van der Waals surface area contributed by atoms with E-state index in [2.05, 4.69) is 15.5 Å². The topological polar surface area (TPSA) is 54.9 Å². The highest BCUT2D eigenvalue weighted by atomic mass is 32.1. The van der Waals surface area contributed by atoms with E-state index in [1.54, 1.807) is 11.3 Å². The molecule has 5 heteroatoms. The summed E-state index contributed by atoms with van der Waals surface area (Å²) in [4.78, 5) is 12.3. The Bertz CT molecular complexity index is 599. The summed E-state index contributed by atoms with van der Waals surface area (Å²) in [6, 6.07) is 0. The second kappa shape index (κ2) is 5.79. The minimum atomic E-state index is 0.134. The Hall–Kier alpha value is -0.970. The average molecular weight is 346 g/mol. The zero-order valence-corrected chi connectivity index (χ0v) is 15.1. The number of hydrogen-bond acceptors (Lipinski definition) is 4. The Kier molecular flexibility index (Phi) is 3.69. The van der Waals surface area contributed by atoms with Crippen molar-refractivity contribution < 1.29 is 4.79 Å². The van der Waals surface area contributed by atoms with Crippen molar-refractivity contribution in [1.29, 1.82) is 0 Å². The third-order valence-electron chi connectivity index (χ3n) is 7.11. The SMILES string of the molecule is O=C(CC1CCCC1)Nc1nnc(C23CC4CC(CC(C4)C2)C3)s1. The molecule has 0 spiro atoms. The molecule has 0 unspecified atom stereocenters. The number of amides is 1. The molecule has 0 aliphatic heterocycles. The van der Waals surface area contributed by atoms with Gasteiger partial charge in [-0.3, -0.25) is 4.79 Å². The number of aromatic nitrogens is 2. The summed E-state index contributed by atoms with van der Waals surface area (Å²) < 4.78 is 0. The van der Waals surface area contributed by atoms with Crippen molar-refractivity contribution in [3.8, 4) is 0 Å². The zero-order valence-electron chi connectivity index (χ0n) is 14.3. The van der Waals surface area contributed by atoms with Gasteiger partial charge in [-0.1, -0.05) is 24.2 Å². The maximum absolute atomic E-state index is 12.3. The number of nitrogens with one attached hydrogen (secondary N) is 1. The smallest absolute Gasteiger partial charge is 0.226 e. The summed E-state index contributed by atoms with van der Waals surface area (Å²) in [5.41, 5.74) is 0.293. The first-order valence-corrected chi connectivity index (χ1v) is 10.6. The molecule has 0 saturated heterocycles. The van der Waals surface area contributed by atoms with E-state index in [1.807, 2.05) is 0 Å². The number of hydrogen-bond donors (Lipinski definition) is 1. The quantitative estimate of drug-likeness (QED) is 0.872. The molecule has 0 atom stereocenters. The second-order valence-corrected chi connectivity index (χ2v) is 9.99. The molecule has 1 amide bonds. The number of rotatable bonds is 4. The Morgan fingerprint density at radius 2 is 1.67 bits per heavy atom. The molecule has 5 aliphatic carbocycles. The molecule has 130 valence electrons. The summed E-state index contributed by atoms with van der Waals surface area (Å²) in [5, 5.41) is 13.8. The maximum atomic E-state index is 12.3. The molecule has 6 rings (SSSR count). The molecule has 5 fully saturated rings. The lowest BCUT2D eigenvalue weighted by atomic mass is 9.50. The van der Waals surface area contributed by atoms with Crippen molar-refractivity contribution in [1.82, 2.24) is 10.2 Å². The lowest BCUT2D eigenvalue weighted by Gasteiger charge is -2.55. The molecule has 1 aromatic heterocycles. The van der Waals surface area contributed by atoms with Crippen molar-refractivity contribution in [2.45, 2.75) is 76.0 Å². The van der Waals surface area contributed by atoms with Gasteiger partial charge in [-0.2, -0.15) is 0 Å². The molecule has 1 N–H and O–H groups in total. The molecule has 0 radical (unpaired) electrons. The monoisotopic (exact) mass is 345 g/mol. The maximum Gasteiger partial charge on any atom is 0.226 e. The third kappa shape index (κ3) is 2.69. The van der Waals surface area contributed by atoms with Gasteiger partial charge in [0.25, 0.3) is 0 Å². The van der Waals surface area contributed by atoms with Crippen LogP contribution in [0.15, 0.2) is 0 Å². The predicted molar refractivity (Wildman–Crippen MR) is 95.0 cm³/mol. The van der Waals surface area contributed by atoms with Crippen LogP contribution in [0.5, 0.6) is 0 Å². The largest absolute Gasteiger partial charge is 0.301 e. The lowest BCUT2D eigenvalue weighted by Crippen LogP contribution is -2.48. The van der Waals surface area contributed by atoms with E-state index in [9.17, 15) is 4.79 Å². The van der Waals surface area contributed by atoms with E-state index in [4.69, 9.17) is 0 Å². The summed E-state index contributed by atoms with van der Waals surface area (Å²) in [7, 11) is 0. The molecule has 5 aliphatic rings. The lowest BCUT2D eigenvalue weighted by molar-refractivity contribution is -0.117. The summed E-state index contributed by atoms with van der Waals surface area (Å²) in [6.07, 6.45) is 13.9. The van der Waals surface area contributed by atoms with Crippen LogP contribution in [0.3, 0.4) is 0 Å². The van der Waals surface area contributed by atoms with E-state index in [-0.39, 0.29) is 5.91 Å². The normalized spacial score (nSPS) is 37.9.